The number of hydrogen-bond donors (Lipinski definition) is 0. The van der Waals surface area contributed by atoms with E-state index in [1.165, 1.54) is 44.9 Å². The first kappa shape index (κ1) is 32.3. The lowest BCUT2D eigenvalue weighted by Gasteiger charge is -2.61. The van der Waals surface area contributed by atoms with Crippen molar-refractivity contribution in [1.82, 2.24) is 0 Å². The van der Waals surface area contributed by atoms with Gasteiger partial charge in [0.2, 0.25) is 0 Å². The lowest BCUT2D eigenvalue weighted by molar-refractivity contribution is -0.144. The molecule has 0 bridgehead atoms. The normalized spacial score (nSPS) is 36.4. The zero-order valence-electron chi connectivity index (χ0n) is 28.4. The van der Waals surface area contributed by atoms with Gasteiger partial charge in [0.25, 0.3) is 0 Å². The number of carbonyl (C=O) groups is 2. The lowest BCUT2D eigenvalue weighted by Crippen LogP contribution is -2.56. The fourth-order valence-corrected chi connectivity index (χ4v) is 11.0. The summed E-state index contributed by atoms with van der Waals surface area (Å²) in [6.45, 7) is 12.3. The molecule has 0 spiro atoms. The van der Waals surface area contributed by atoms with Crippen molar-refractivity contribution < 1.29 is 19.1 Å². The van der Waals surface area contributed by atoms with Crippen LogP contribution in [0.25, 0.3) is 0 Å². The molecule has 0 heterocycles. The van der Waals surface area contributed by atoms with Gasteiger partial charge in [-0.05, 0) is 122 Å². The monoisotopic (exact) mass is 612 g/mol. The smallest absolute Gasteiger partial charge is 0.338 e. The van der Waals surface area contributed by atoms with E-state index >= 15 is 0 Å². The highest BCUT2D eigenvalue weighted by Gasteiger charge is 2.64. The second kappa shape index (κ2) is 13.2. The number of hydrogen-bond acceptors (Lipinski definition) is 4. The van der Waals surface area contributed by atoms with Crippen LogP contribution >= 0.6 is 0 Å². The summed E-state index contributed by atoms with van der Waals surface area (Å²) in [6, 6.07) is 19.0. The van der Waals surface area contributed by atoms with Gasteiger partial charge in [0.1, 0.15) is 12.2 Å². The first-order valence-electron chi connectivity index (χ1n) is 18.1. The molecule has 0 unspecified atom stereocenters. The number of esters is 2. The molecule has 0 amide bonds. The Morgan fingerprint density at radius 1 is 0.756 bits per heavy atom. The van der Waals surface area contributed by atoms with Crippen LogP contribution in [0.2, 0.25) is 0 Å². The van der Waals surface area contributed by atoms with Gasteiger partial charge in [0, 0.05) is 5.92 Å². The second-order valence-corrected chi connectivity index (χ2v) is 16.2. The molecule has 0 saturated heterocycles. The Bertz CT molecular complexity index is 1310. The number of rotatable bonds is 9. The Hall–Kier alpha value is -2.62. The van der Waals surface area contributed by atoms with Gasteiger partial charge in [-0.3, -0.25) is 0 Å². The summed E-state index contributed by atoms with van der Waals surface area (Å²) in [6.07, 6.45) is 12.7. The summed E-state index contributed by atoms with van der Waals surface area (Å²) in [4.78, 5) is 26.4. The number of ether oxygens (including phenoxy) is 2. The van der Waals surface area contributed by atoms with E-state index < -0.39 is 0 Å². The highest BCUT2D eigenvalue weighted by atomic mass is 16.5. The summed E-state index contributed by atoms with van der Waals surface area (Å²) < 4.78 is 12.7. The topological polar surface area (TPSA) is 52.6 Å². The molecular weight excluding hydrogens is 556 g/mol. The minimum atomic E-state index is -0.186. The van der Waals surface area contributed by atoms with Crippen LogP contribution in [0.4, 0.5) is 0 Å². The van der Waals surface area contributed by atoms with E-state index in [-0.39, 0.29) is 35.0 Å². The van der Waals surface area contributed by atoms with Crippen molar-refractivity contribution in [2.24, 2.45) is 52.3 Å². The Labute approximate surface area is 272 Å². The van der Waals surface area contributed by atoms with Crippen LogP contribution < -0.4 is 0 Å². The molecule has 4 nitrogen and oxygen atoms in total. The maximum absolute atomic E-state index is 13.5. The molecule has 0 aromatic heterocycles. The molecule has 10 atom stereocenters. The first-order chi connectivity index (χ1) is 21.6. The van der Waals surface area contributed by atoms with Gasteiger partial charge in [-0.2, -0.15) is 0 Å². The van der Waals surface area contributed by atoms with Gasteiger partial charge >= 0.3 is 11.9 Å². The van der Waals surface area contributed by atoms with Crippen molar-refractivity contribution in [2.45, 2.75) is 117 Å². The zero-order chi connectivity index (χ0) is 31.8. The molecule has 2 aromatic carbocycles. The average Bonchev–Trinajstić information content (AvgIpc) is 3.33. The summed E-state index contributed by atoms with van der Waals surface area (Å²) >= 11 is 0. The fourth-order valence-electron chi connectivity index (χ4n) is 11.0. The third-order valence-electron chi connectivity index (χ3n) is 13.3. The lowest BCUT2D eigenvalue weighted by atomic mass is 9.44. The molecule has 2 aromatic rings. The standard InChI is InChI=1S/C41H56O4/c1-27(2)13-12-14-28(3)35-26-36(45-39(43)30-17-10-7-11-18-30)37-33-20-19-31-25-32(44-38(42)29-15-8-6-9-16-29)21-23-40(31,4)34(33)22-24-41(35,37)5/h6-11,15-18,27-28,31-37H,12-14,19-26H2,1-5H3/t28-,31+,32+,33-,34+,35-,36+,37-,40+,41-/m1/s1. The van der Waals surface area contributed by atoms with Gasteiger partial charge in [-0.1, -0.05) is 90.3 Å². The van der Waals surface area contributed by atoms with E-state index in [9.17, 15) is 9.59 Å². The summed E-state index contributed by atoms with van der Waals surface area (Å²) in [5, 5.41) is 0. The van der Waals surface area contributed by atoms with E-state index in [4.69, 9.17) is 9.47 Å². The van der Waals surface area contributed by atoms with E-state index in [0.29, 0.717) is 46.6 Å². The van der Waals surface area contributed by atoms with Crippen molar-refractivity contribution in [3.05, 3.63) is 71.8 Å². The minimum absolute atomic E-state index is 0.00307. The van der Waals surface area contributed by atoms with Crippen molar-refractivity contribution in [1.29, 1.82) is 0 Å². The number of fused-ring (bicyclic) bond motifs is 5. The zero-order valence-corrected chi connectivity index (χ0v) is 28.4. The molecule has 0 N–H and O–H groups in total. The van der Waals surface area contributed by atoms with Crippen molar-refractivity contribution in [3.63, 3.8) is 0 Å². The van der Waals surface area contributed by atoms with E-state index in [1.807, 2.05) is 60.7 Å². The highest BCUT2D eigenvalue weighted by Crippen LogP contribution is 2.69. The molecule has 4 saturated carbocycles. The van der Waals surface area contributed by atoms with Crippen LogP contribution in [0.15, 0.2) is 60.7 Å². The third kappa shape index (κ3) is 6.37. The van der Waals surface area contributed by atoms with Crippen molar-refractivity contribution >= 4 is 11.9 Å². The Balaban J connectivity index is 1.21. The molecule has 4 heteroatoms. The van der Waals surface area contributed by atoms with Gasteiger partial charge in [-0.25, -0.2) is 9.59 Å². The second-order valence-electron chi connectivity index (χ2n) is 16.2. The van der Waals surface area contributed by atoms with Crippen LogP contribution in [0, 0.1) is 52.3 Å². The van der Waals surface area contributed by atoms with Gasteiger partial charge in [0.05, 0.1) is 11.1 Å². The first-order valence-corrected chi connectivity index (χ1v) is 18.1. The molecule has 244 valence electrons. The predicted octanol–water partition coefficient (Wildman–Crippen LogP) is 10.2. The van der Waals surface area contributed by atoms with Gasteiger partial charge < -0.3 is 9.47 Å². The molecule has 6 rings (SSSR count). The summed E-state index contributed by atoms with van der Waals surface area (Å²) in [5.74, 6) is 3.82. The SMILES string of the molecule is CC(C)CCC[C@@H](C)[C@H]1C[C@H](OC(=O)c2ccccc2)[C@H]2[C@@H]3CC[C@H]4C[C@@H](OC(=O)c5ccccc5)CC[C@]4(C)[C@H]3CC[C@@]21C. The molecule has 4 aliphatic carbocycles. The molecular formula is C41H56O4. The van der Waals surface area contributed by atoms with Crippen molar-refractivity contribution in [3.8, 4) is 0 Å². The summed E-state index contributed by atoms with van der Waals surface area (Å²) in [7, 11) is 0. The number of carbonyl (C=O) groups excluding carboxylic acids is 2. The van der Waals surface area contributed by atoms with Crippen molar-refractivity contribution in [2.75, 3.05) is 0 Å². The fraction of sp³-hybridized carbons (Fsp3) is 0.659. The minimum Gasteiger partial charge on any atom is -0.459 e. The molecule has 45 heavy (non-hydrogen) atoms. The molecule has 4 fully saturated rings. The largest absolute Gasteiger partial charge is 0.459 e. The maximum Gasteiger partial charge on any atom is 0.338 e. The molecule has 0 aliphatic heterocycles. The Morgan fingerprint density at radius 3 is 2.02 bits per heavy atom. The van der Waals surface area contributed by atoms with Crippen LogP contribution in [-0.4, -0.2) is 24.1 Å². The van der Waals surface area contributed by atoms with Gasteiger partial charge in [-0.15, -0.1) is 0 Å². The van der Waals surface area contributed by atoms with E-state index in [0.717, 1.165) is 31.6 Å². The Morgan fingerprint density at radius 2 is 1.38 bits per heavy atom. The van der Waals surface area contributed by atoms with Crippen LogP contribution in [0.5, 0.6) is 0 Å². The van der Waals surface area contributed by atoms with Crippen LogP contribution in [-0.2, 0) is 9.47 Å². The van der Waals surface area contributed by atoms with Crippen LogP contribution in [0.3, 0.4) is 0 Å². The Kier molecular flexibility index (Phi) is 9.51. The highest BCUT2D eigenvalue weighted by molar-refractivity contribution is 5.89. The average molecular weight is 613 g/mol. The van der Waals surface area contributed by atoms with Crippen LogP contribution in [0.1, 0.15) is 126 Å². The van der Waals surface area contributed by atoms with E-state index in [2.05, 4.69) is 34.6 Å². The predicted molar refractivity (Wildman–Crippen MR) is 180 cm³/mol. The third-order valence-corrected chi connectivity index (χ3v) is 13.3. The quantitative estimate of drug-likeness (QED) is 0.264. The van der Waals surface area contributed by atoms with Gasteiger partial charge in [0.15, 0.2) is 0 Å². The maximum atomic E-state index is 13.5. The number of benzene rings is 2. The molecule has 4 aliphatic rings. The van der Waals surface area contributed by atoms with E-state index in [1.54, 1.807) is 0 Å². The summed E-state index contributed by atoms with van der Waals surface area (Å²) in [5.41, 5.74) is 1.76. The molecule has 0 radical (unpaired) electrons.